The van der Waals surface area contributed by atoms with Crippen molar-refractivity contribution in [1.29, 1.82) is 0 Å². The molecule has 0 radical (unpaired) electrons. The van der Waals surface area contributed by atoms with Crippen molar-refractivity contribution in [3.8, 4) is 0 Å². The summed E-state index contributed by atoms with van der Waals surface area (Å²) in [6.45, 7) is 4.26. The smallest absolute Gasteiger partial charge is 0.0531 e. The van der Waals surface area contributed by atoms with Crippen LogP contribution in [0, 0.1) is 6.92 Å². The second kappa shape index (κ2) is 7.68. The van der Waals surface area contributed by atoms with Crippen molar-refractivity contribution in [3.63, 3.8) is 0 Å². The summed E-state index contributed by atoms with van der Waals surface area (Å²) in [6.07, 6.45) is 6.88. The number of nitrogens with one attached hydrogen (secondary N) is 1. The maximum Gasteiger partial charge on any atom is 0.0531 e. The number of rotatable bonds is 7. The summed E-state index contributed by atoms with van der Waals surface area (Å²) < 4.78 is 0. The number of aryl methyl sites for hydroxylation is 1. The van der Waals surface area contributed by atoms with E-state index in [1.807, 2.05) is 13.1 Å². The van der Waals surface area contributed by atoms with Gasteiger partial charge < -0.3 is 5.32 Å². The van der Waals surface area contributed by atoms with Gasteiger partial charge in [0.25, 0.3) is 0 Å². The molecule has 1 N–H and O–H groups in total. The molecule has 106 valence electrons. The fourth-order valence-corrected chi connectivity index (χ4v) is 2.36. The number of nitrogens with zero attached hydrogens (tertiary/aromatic N) is 1. The van der Waals surface area contributed by atoms with E-state index in [1.54, 1.807) is 0 Å². The predicted octanol–water partition coefficient (Wildman–Crippen LogP) is 5.12. The summed E-state index contributed by atoms with van der Waals surface area (Å²) in [5, 5.41) is 3.62. The number of hydrogen-bond donors (Lipinski definition) is 1. The minimum atomic E-state index is 0.368. The molecule has 1 aromatic carbocycles. The predicted molar refractivity (Wildman–Crippen MR) is 85.9 cm³/mol. The van der Waals surface area contributed by atoms with Crippen molar-refractivity contribution in [3.05, 3.63) is 59.9 Å². The zero-order valence-corrected chi connectivity index (χ0v) is 12.5. The van der Waals surface area contributed by atoms with Gasteiger partial charge in [0.05, 0.1) is 17.9 Å². The van der Waals surface area contributed by atoms with Crippen molar-refractivity contribution < 1.29 is 0 Å². The van der Waals surface area contributed by atoms with E-state index in [2.05, 4.69) is 59.7 Å². The summed E-state index contributed by atoms with van der Waals surface area (Å²) in [5.74, 6) is 0. The molecule has 2 rings (SSSR count). The molecular formula is C18H24N2. The van der Waals surface area contributed by atoms with Crippen LogP contribution in [0.25, 0.3) is 0 Å². The van der Waals surface area contributed by atoms with Crippen LogP contribution >= 0.6 is 0 Å². The largest absolute Gasteiger partial charge is 0.377 e. The van der Waals surface area contributed by atoms with Crippen LogP contribution in [0.2, 0.25) is 0 Å². The third kappa shape index (κ3) is 4.37. The Balaban J connectivity index is 2.07. The van der Waals surface area contributed by atoms with Crippen LogP contribution in [0.15, 0.2) is 48.7 Å². The number of unbranched alkanes of at least 4 members (excludes halogenated alkanes) is 2. The Labute approximate surface area is 122 Å². The average molecular weight is 268 g/mol. The van der Waals surface area contributed by atoms with Crippen LogP contribution in [0.1, 0.15) is 49.9 Å². The Morgan fingerprint density at radius 1 is 1.05 bits per heavy atom. The van der Waals surface area contributed by atoms with E-state index in [1.165, 1.54) is 24.8 Å². The lowest BCUT2D eigenvalue weighted by Gasteiger charge is -2.20. The lowest BCUT2D eigenvalue weighted by atomic mass is 10.00. The Kier molecular flexibility index (Phi) is 5.60. The van der Waals surface area contributed by atoms with Crippen LogP contribution in [-0.4, -0.2) is 4.98 Å². The molecule has 0 fully saturated rings. The molecule has 0 aliphatic heterocycles. The monoisotopic (exact) mass is 268 g/mol. The summed E-state index contributed by atoms with van der Waals surface area (Å²) >= 11 is 0. The lowest BCUT2D eigenvalue weighted by molar-refractivity contribution is 0.606. The van der Waals surface area contributed by atoms with Crippen molar-refractivity contribution in [2.45, 2.75) is 45.6 Å². The van der Waals surface area contributed by atoms with Crippen LogP contribution in [0.3, 0.4) is 0 Å². The number of pyridine rings is 1. The molecule has 2 aromatic rings. The number of benzene rings is 1. The highest BCUT2D eigenvalue weighted by Gasteiger charge is 2.10. The van der Waals surface area contributed by atoms with Gasteiger partial charge in [-0.05, 0) is 31.0 Å². The third-order valence-corrected chi connectivity index (χ3v) is 3.55. The Hall–Kier alpha value is -1.83. The molecule has 1 heterocycles. The molecule has 0 spiro atoms. The molecule has 0 saturated heterocycles. The highest BCUT2D eigenvalue weighted by atomic mass is 14.9. The van der Waals surface area contributed by atoms with Gasteiger partial charge in [0, 0.05) is 5.69 Å². The SMILES string of the molecule is CCCCCC(Nc1ccc(C)nc1)c1ccccc1. The fraction of sp³-hybridized carbons (Fsp3) is 0.389. The van der Waals surface area contributed by atoms with Crippen molar-refractivity contribution in [2.24, 2.45) is 0 Å². The Morgan fingerprint density at radius 2 is 1.85 bits per heavy atom. The molecule has 1 aromatic heterocycles. The molecule has 0 bridgehead atoms. The van der Waals surface area contributed by atoms with Crippen molar-refractivity contribution in [2.75, 3.05) is 5.32 Å². The molecule has 0 amide bonds. The van der Waals surface area contributed by atoms with E-state index in [4.69, 9.17) is 0 Å². The zero-order chi connectivity index (χ0) is 14.2. The molecule has 2 nitrogen and oxygen atoms in total. The normalized spacial score (nSPS) is 12.1. The van der Waals surface area contributed by atoms with E-state index < -0.39 is 0 Å². The quantitative estimate of drug-likeness (QED) is 0.705. The van der Waals surface area contributed by atoms with E-state index in [9.17, 15) is 0 Å². The molecule has 0 saturated carbocycles. The van der Waals surface area contributed by atoms with Gasteiger partial charge in [-0.2, -0.15) is 0 Å². The molecule has 0 aliphatic rings. The summed E-state index contributed by atoms with van der Waals surface area (Å²) in [7, 11) is 0. The zero-order valence-electron chi connectivity index (χ0n) is 12.5. The highest BCUT2D eigenvalue weighted by Crippen LogP contribution is 2.24. The second-order valence-electron chi connectivity index (χ2n) is 5.29. The van der Waals surface area contributed by atoms with Crippen LogP contribution < -0.4 is 5.32 Å². The average Bonchev–Trinajstić information content (AvgIpc) is 2.49. The van der Waals surface area contributed by atoms with E-state index in [-0.39, 0.29) is 0 Å². The first-order valence-corrected chi connectivity index (χ1v) is 7.53. The molecular weight excluding hydrogens is 244 g/mol. The van der Waals surface area contributed by atoms with Gasteiger partial charge in [-0.3, -0.25) is 4.98 Å². The van der Waals surface area contributed by atoms with Gasteiger partial charge in [0.2, 0.25) is 0 Å². The third-order valence-electron chi connectivity index (χ3n) is 3.55. The maximum absolute atomic E-state index is 4.36. The van der Waals surface area contributed by atoms with E-state index in [0.717, 1.165) is 17.8 Å². The Morgan fingerprint density at radius 3 is 2.50 bits per heavy atom. The van der Waals surface area contributed by atoms with Gasteiger partial charge in [-0.15, -0.1) is 0 Å². The van der Waals surface area contributed by atoms with Gasteiger partial charge >= 0.3 is 0 Å². The maximum atomic E-state index is 4.36. The molecule has 2 heteroatoms. The number of aromatic nitrogens is 1. The molecule has 20 heavy (non-hydrogen) atoms. The first kappa shape index (κ1) is 14.6. The van der Waals surface area contributed by atoms with E-state index >= 15 is 0 Å². The van der Waals surface area contributed by atoms with Crippen molar-refractivity contribution in [1.82, 2.24) is 4.98 Å². The minimum absolute atomic E-state index is 0.368. The minimum Gasteiger partial charge on any atom is -0.377 e. The van der Waals surface area contributed by atoms with Gasteiger partial charge in [0.15, 0.2) is 0 Å². The van der Waals surface area contributed by atoms with Gasteiger partial charge in [-0.25, -0.2) is 0 Å². The number of hydrogen-bond acceptors (Lipinski definition) is 2. The highest BCUT2D eigenvalue weighted by molar-refractivity contribution is 5.43. The molecule has 1 unspecified atom stereocenters. The summed E-state index contributed by atoms with van der Waals surface area (Å²) in [6, 6.07) is 15.2. The van der Waals surface area contributed by atoms with Crippen molar-refractivity contribution >= 4 is 5.69 Å². The summed E-state index contributed by atoms with van der Waals surface area (Å²) in [5.41, 5.74) is 3.50. The first-order chi connectivity index (χ1) is 9.79. The topological polar surface area (TPSA) is 24.9 Å². The van der Waals surface area contributed by atoms with Crippen LogP contribution in [-0.2, 0) is 0 Å². The first-order valence-electron chi connectivity index (χ1n) is 7.53. The van der Waals surface area contributed by atoms with Gasteiger partial charge in [-0.1, -0.05) is 56.5 Å². The van der Waals surface area contributed by atoms with Crippen LogP contribution in [0.4, 0.5) is 5.69 Å². The second-order valence-corrected chi connectivity index (χ2v) is 5.29. The van der Waals surface area contributed by atoms with Crippen LogP contribution in [0.5, 0.6) is 0 Å². The lowest BCUT2D eigenvalue weighted by Crippen LogP contribution is -2.11. The van der Waals surface area contributed by atoms with Gasteiger partial charge in [0.1, 0.15) is 0 Å². The Bertz CT molecular complexity index is 491. The fourth-order valence-electron chi connectivity index (χ4n) is 2.36. The van der Waals surface area contributed by atoms with E-state index in [0.29, 0.717) is 6.04 Å². The standard InChI is InChI=1S/C18H24N2/c1-3-4-6-11-18(16-9-7-5-8-10-16)20-17-13-12-15(2)19-14-17/h5,7-10,12-14,18,20H,3-4,6,11H2,1-2H3. The number of anilines is 1. The molecule has 0 aliphatic carbocycles. The molecule has 1 atom stereocenters. The summed E-state index contributed by atoms with van der Waals surface area (Å²) in [4.78, 5) is 4.36.